The summed E-state index contributed by atoms with van der Waals surface area (Å²) in [6.07, 6.45) is 30.2. The Morgan fingerprint density at radius 3 is 1.89 bits per heavy atom. The lowest BCUT2D eigenvalue weighted by Gasteiger charge is -2.38. The van der Waals surface area contributed by atoms with Crippen LogP contribution in [0.5, 0.6) is 0 Å². The zero-order valence-corrected chi connectivity index (χ0v) is 20.0. The van der Waals surface area contributed by atoms with E-state index >= 15 is 0 Å². The molecule has 0 heterocycles. The minimum Gasteiger partial charge on any atom is -0.0654 e. The average molecular weight is 391 g/mol. The molecule has 5 unspecified atom stereocenters. The Kier molecular flexibility index (Phi) is 12.9. The maximum absolute atomic E-state index is 2.53. The lowest BCUT2D eigenvalue weighted by molar-refractivity contribution is 0.127. The van der Waals surface area contributed by atoms with Crippen LogP contribution in [0.25, 0.3) is 0 Å². The summed E-state index contributed by atoms with van der Waals surface area (Å²) >= 11 is 0. The third-order valence-corrected chi connectivity index (χ3v) is 8.68. The monoisotopic (exact) mass is 390 g/mol. The van der Waals surface area contributed by atoms with Crippen LogP contribution < -0.4 is 0 Å². The van der Waals surface area contributed by atoms with Gasteiger partial charge in [-0.25, -0.2) is 0 Å². The zero-order valence-electron chi connectivity index (χ0n) is 20.0. The van der Waals surface area contributed by atoms with Crippen LogP contribution in [-0.4, -0.2) is 0 Å². The first kappa shape index (κ1) is 24.3. The third-order valence-electron chi connectivity index (χ3n) is 8.68. The van der Waals surface area contributed by atoms with Gasteiger partial charge in [0, 0.05) is 0 Å². The average Bonchev–Trinajstić information content (AvgIpc) is 2.72. The molecule has 0 radical (unpaired) electrons. The molecule has 0 spiro atoms. The highest BCUT2D eigenvalue weighted by Gasteiger charge is 2.31. The van der Waals surface area contributed by atoms with Gasteiger partial charge in [-0.15, -0.1) is 0 Å². The summed E-state index contributed by atoms with van der Waals surface area (Å²) in [5.41, 5.74) is 0. The number of rotatable bonds is 5. The van der Waals surface area contributed by atoms with Crippen LogP contribution in [0.15, 0.2) is 0 Å². The molecule has 0 bridgehead atoms. The minimum atomic E-state index is 0.988. The van der Waals surface area contributed by atoms with Gasteiger partial charge in [-0.3, -0.25) is 0 Å². The summed E-state index contributed by atoms with van der Waals surface area (Å²) in [5, 5.41) is 0. The van der Waals surface area contributed by atoms with Crippen molar-refractivity contribution in [2.24, 2.45) is 29.6 Å². The van der Waals surface area contributed by atoms with E-state index < -0.39 is 0 Å². The smallest absolute Gasteiger partial charge is 0.0383 e. The molecule has 0 aromatic heterocycles. The first-order valence-electron chi connectivity index (χ1n) is 13.7. The molecule has 5 atom stereocenters. The number of unbranched alkanes of at least 4 members (excludes halogenated alkanes) is 1. The predicted molar refractivity (Wildman–Crippen MR) is 127 cm³/mol. The largest absolute Gasteiger partial charge is 0.0654 e. The highest BCUT2D eigenvalue weighted by molar-refractivity contribution is 4.82. The standard InChI is InChI=1S/C28H54/c1-4-6-16-25-17-13-11-9-7-8-10-12-14-19-27(20-15-18-25)28-22-21-24(3)26(5-2)23-28/h24-28H,4-23H2,1-3H3. The SMILES string of the molecule is CCCCC1CCCCCCCCCCC(C2CCC(C)C(CC)C2)CCC1. The van der Waals surface area contributed by atoms with Crippen molar-refractivity contribution in [3.05, 3.63) is 0 Å². The molecule has 0 saturated heterocycles. The molecule has 0 amide bonds. The van der Waals surface area contributed by atoms with Crippen molar-refractivity contribution in [2.45, 2.75) is 149 Å². The summed E-state index contributed by atoms with van der Waals surface area (Å²) in [4.78, 5) is 0. The molecule has 166 valence electrons. The fraction of sp³-hybridized carbons (Fsp3) is 1.00. The second-order valence-corrected chi connectivity index (χ2v) is 10.8. The maximum Gasteiger partial charge on any atom is -0.0383 e. The Bertz CT molecular complexity index is 359. The van der Waals surface area contributed by atoms with Crippen molar-refractivity contribution in [1.82, 2.24) is 0 Å². The molecule has 2 rings (SSSR count). The van der Waals surface area contributed by atoms with Crippen molar-refractivity contribution in [1.29, 1.82) is 0 Å². The van der Waals surface area contributed by atoms with Gasteiger partial charge in [0.1, 0.15) is 0 Å². The quantitative estimate of drug-likeness (QED) is 0.438. The summed E-state index contributed by atoms with van der Waals surface area (Å²) in [6, 6.07) is 0. The second kappa shape index (κ2) is 14.9. The normalized spacial score (nSPS) is 35.0. The molecule has 0 aromatic rings. The first-order valence-corrected chi connectivity index (χ1v) is 13.7. The van der Waals surface area contributed by atoms with E-state index in [1.54, 1.807) is 25.7 Å². The van der Waals surface area contributed by atoms with Gasteiger partial charge in [-0.1, -0.05) is 136 Å². The Balaban J connectivity index is 1.90. The Morgan fingerprint density at radius 2 is 1.21 bits per heavy atom. The first-order chi connectivity index (χ1) is 13.7. The van der Waals surface area contributed by atoms with Crippen LogP contribution in [-0.2, 0) is 0 Å². The Morgan fingerprint density at radius 1 is 0.607 bits per heavy atom. The molecule has 0 heteroatoms. The van der Waals surface area contributed by atoms with Gasteiger partial charge in [-0.2, -0.15) is 0 Å². The van der Waals surface area contributed by atoms with Gasteiger partial charge in [-0.05, 0) is 42.4 Å². The molecule has 2 aliphatic carbocycles. The second-order valence-electron chi connectivity index (χ2n) is 10.8. The van der Waals surface area contributed by atoms with Gasteiger partial charge in [0.25, 0.3) is 0 Å². The van der Waals surface area contributed by atoms with Crippen molar-refractivity contribution < 1.29 is 0 Å². The highest BCUT2D eigenvalue weighted by atomic mass is 14.4. The molecule has 0 nitrogen and oxygen atoms in total. The van der Waals surface area contributed by atoms with Crippen molar-refractivity contribution >= 4 is 0 Å². The van der Waals surface area contributed by atoms with Gasteiger partial charge in [0.15, 0.2) is 0 Å². The number of hydrogen-bond acceptors (Lipinski definition) is 0. The van der Waals surface area contributed by atoms with Crippen LogP contribution in [0.1, 0.15) is 149 Å². The third kappa shape index (κ3) is 9.21. The van der Waals surface area contributed by atoms with Crippen LogP contribution >= 0.6 is 0 Å². The van der Waals surface area contributed by atoms with Crippen molar-refractivity contribution in [2.75, 3.05) is 0 Å². The molecule has 2 aliphatic rings. The Labute approximate surface area is 179 Å². The van der Waals surface area contributed by atoms with Crippen LogP contribution in [0.3, 0.4) is 0 Å². The van der Waals surface area contributed by atoms with E-state index in [1.807, 2.05) is 0 Å². The van der Waals surface area contributed by atoms with Crippen LogP contribution in [0, 0.1) is 29.6 Å². The van der Waals surface area contributed by atoms with E-state index in [2.05, 4.69) is 20.8 Å². The predicted octanol–water partition coefficient (Wildman–Crippen LogP) is 9.96. The maximum atomic E-state index is 2.53. The van der Waals surface area contributed by atoms with E-state index in [9.17, 15) is 0 Å². The highest BCUT2D eigenvalue weighted by Crippen LogP contribution is 2.42. The minimum absolute atomic E-state index is 0.988. The molecule has 2 saturated carbocycles. The summed E-state index contributed by atoms with van der Waals surface area (Å²) in [5.74, 6) is 5.17. The number of hydrogen-bond donors (Lipinski definition) is 0. The fourth-order valence-electron chi connectivity index (χ4n) is 6.56. The lowest BCUT2D eigenvalue weighted by atomic mass is 9.67. The molecular weight excluding hydrogens is 336 g/mol. The van der Waals surface area contributed by atoms with Gasteiger partial charge in [0.2, 0.25) is 0 Å². The van der Waals surface area contributed by atoms with Crippen LogP contribution in [0.4, 0.5) is 0 Å². The molecule has 0 N–H and O–H groups in total. The molecule has 2 fully saturated rings. The van der Waals surface area contributed by atoms with Crippen LogP contribution in [0.2, 0.25) is 0 Å². The fourth-order valence-corrected chi connectivity index (χ4v) is 6.56. The van der Waals surface area contributed by atoms with Gasteiger partial charge in [0.05, 0.1) is 0 Å². The van der Waals surface area contributed by atoms with Gasteiger partial charge >= 0.3 is 0 Å². The van der Waals surface area contributed by atoms with E-state index in [4.69, 9.17) is 0 Å². The van der Waals surface area contributed by atoms with E-state index in [0.29, 0.717) is 0 Å². The lowest BCUT2D eigenvalue weighted by Crippen LogP contribution is -2.27. The van der Waals surface area contributed by atoms with E-state index in [-0.39, 0.29) is 0 Å². The van der Waals surface area contributed by atoms with Crippen molar-refractivity contribution in [3.8, 4) is 0 Å². The summed E-state index contributed by atoms with van der Waals surface area (Å²) in [7, 11) is 0. The summed E-state index contributed by atoms with van der Waals surface area (Å²) < 4.78 is 0. The summed E-state index contributed by atoms with van der Waals surface area (Å²) in [6.45, 7) is 7.34. The Hall–Kier alpha value is 0. The molecule has 28 heavy (non-hydrogen) atoms. The topological polar surface area (TPSA) is 0 Å². The van der Waals surface area contributed by atoms with Crippen molar-refractivity contribution in [3.63, 3.8) is 0 Å². The van der Waals surface area contributed by atoms with Gasteiger partial charge < -0.3 is 0 Å². The molecule has 0 aromatic carbocycles. The zero-order chi connectivity index (χ0) is 20.0. The van der Waals surface area contributed by atoms with E-state index in [0.717, 1.165) is 29.6 Å². The van der Waals surface area contributed by atoms with E-state index in [1.165, 1.54) is 103 Å². The molecular formula is C28H54. The molecule has 0 aliphatic heterocycles.